The lowest BCUT2D eigenvalue weighted by molar-refractivity contribution is 0.0244. The van der Waals surface area contributed by atoms with Gasteiger partial charge in [-0.2, -0.15) is 0 Å². The number of rotatable bonds is 4. The Hall–Kier alpha value is -4.27. The molecule has 0 spiro atoms. The van der Waals surface area contributed by atoms with E-state index in [1.807, 2.05) is 18.2 Å². The van der Waals surface area contributed by atoms with Crippen LogP contribution in [0.1, 0.15) is 30.4 Å². The Labute approximate surface area is 206 Å². The summed E-state index contributed by atoms with van der Waals surface area (Å²) in [7, 11) is 0. The SMILES string of the molecule is O=C(OC1CCC1)N1CCc2cc(-c3ncc(F)c(Nc4ccc5c(=O)[nH]ccc5c4)n3)ccc2C1. The van der Waals surface area contributed by atoms with Crippen molar-refractivity contribution in [3.63, 3.8) is 0 Å². The Morgan fingerprint density at radius 2 is 2.03 bits per heavy atom. The smallest absolute Gasteiger partial charge is 0.410 e. The van der Waals surface area contributed by atoms with Crippen LogP contribution in [0.2, 0.25) is 0 Å². The fourth-order valence-electron chi connectivity index (χ4n) is 4.55. The average Bonchev–Trinajstić information content (AvgIpc) is 2.87. The van der Waals surface area contributed by atoms with Gasteiger partial charge in [-0.05, 0) is 72.5 Å². The minimum Gasteiger partial charge on any atom is -0.446 e. The van der Waals surface area contributed by atoms with Gasteiger partial charge in [-0.3, -0.25) is 4.79 Å². The first kappa shape index (κ1) is 22.2. The van der Waals surface area contributed by atoms with Gasteiger partial charge in [0.15, 0.2) is 17.5 Å². The van der Waals surface area contributed by atoms with Crippen molar-refractivity contribution in [3.05, 3.63) is 82.2 Å². The maximum Gasteiger partial charge on any atom is 0.410 e. The molecule has 6 rings (SSSR count). The predicted molar refractivity (Wildman–Crippen MR) is 134 cm³/mol. The number of H-pyrrole nitrogens is 1. The molecule has 3 heterocycles. The molecule has 0 bridgehead atoms. The number of aromatic amines is 1. The van der Waals surface area contributed by atoms with Gasteiger partial charge in [0.25, 0.3) is 5.56 Å². The van der Waals surface area contributed by atoms with Crippen LogP contribution in [0.4, 0.5) is 20.7 Å². The van der Waals surface area contributed by atoms with E-state index < -0.39 is 5.82 Å². The Bertz CT molecular complexity index is 1530. The molecule has 1 fully saturated rings. The maximum atomic E-state index is 14.6. The molecule has 0 saturated heterocycles. The normalized spacial score (nSPS) is 15.3. The molecule has 2 aliphatic rings. The highest BCUT2D eigenvalue weighted by Crippen LogP contribution is 2.28. The number of nitrogens with zero attached hydrogens (tertiary/aromatic N) is 3. The molecule has 9 heteroatoms. The summed E-state index contributed by atoms with van der Waals surface area (Å²) in [5.74, 6) is -0.138. The third kappa shape index (κ3) is 4.28. The number of halogens is 1. The van der Waals surface area contributed by atoms with Crippen LogP contribution in [-0.2, 0) is 17.7 Å². The summed E-state index contributed by atoms with van der Waals surface area (Å²) in [5.41, 5.74) is 3.37. The van der Waals surface area contributed by atoms with E-state index in [-0.39, 0.29) is 23.6 Å². The number of benzene rings is 2. The molecule has 36 heavy (non-hydrogen) atoms. The van der Waals surface area contributed by atoms with Gasteiger partial charge in [0, 0.05) is 35.9 Å². The van der Waals surface area contributed by atoms with Crippen LogP contribution in [0.25, 0.3) is 22.2 Å². The van der Waals surface area contributed by atoms with E-state index in [1.165, 1.54) is 0 Å². The summed E-state index contributed by atoms with van der Waals surface area (Å²) in [4.78, 5) is 37.4. The minimum atomic E-state index is -0.580. The van der Waals surface area contributed by atoms with Gasteiger partial charge in [0.2, 0.25) is 0 Å². The summed E-state index contributed by atoms with van der Waals surface area (Å²) in [6, 6.07) is 12.8. The second kappa shape index (κ2) is 9.07. The molecule has 1 aliphatic heterocycles. The molecular weight excluding hydrogens is 461 g/mol. The number of nitrogens with one attached hydrogen (secondary N) is 2. The number of carbonyl (C=O) groups excluding carboxylic acids is 1. The first-order valence-corrected chi connectivity index (χ1v) is 12.0. The standard InChI is InChI=1S/C27H24FN5O3/c28-23-14-30-24(32-25(23)31-20-6-7-22-17(13-20)8-10-29-26(22)34)18-4-5-19-15-33(11-9-16(19)12-18)27(35)36-21-2-1-3-21/h4-8,10,12-14,21H,1-3,9,11,15H2,(H,29,34)(H,30,31,32). The van der Waals surface area contributed by atoms with E-state index in [9.17, 15) is 14.0 Å². The Morgan fingerprint density at radius 3 is 2.86 bits per heavy atom. The molecule has 182 valence electrons. The fourth-order valence-corrected chi connectivity index (χ4v) is 4.55. The van der Waals surface area contributed by atoms with Crippen molar-refractivity contribution in [2.24, 2.45) is 0 Å². The molecule has 1 saturated carbocycles. The van der Waals surface area contributed by atoms with Crippen LogP contribution in [0.3, 0.4) is 0 Å². The van der Waals surface area contributed by atoms with Gasteiger partial charge < -0.3 is 19.9 Å². The van der Waals surface area contributed by atoms with Crippen LogP contribution in [0.5, 0.6) is 0 Å². The average molecular weight is 486 g/mol. The molecule has 1 amide bonds. The molecule has 8 nitrogen and oxygen atoms in total. The molecule has 4 aromatic rings. The quantitative estimate of drug-likeness (QED) is 0.426. The van der Waals surface area contributed by atoms with Crippen molar-refractivity contribution >= 4 is 28.4 Å². The lowest BCUT2D eigenvalue weighted by Gasteiger charge is -2.32. The van der Waals surface area contributed by atoms with Crippen molar-refractivity contribution in [3.8, 4) is 11.4 Å². The van der Waals surface area contributed by atoms with Crippen LogP contribution in [0, 0.1) is 5.82 Å². The number of hydrogen-bond donors (Lipinski definition) is 2. The highest BCUT2D eigenvalue weighted by atomic mass is 19.1. The Kier molecular flexibility index (Phi) is 5.59. The summed E-state index contributed by atoms with van der Waals surface area (Å²) in [6.07, 6.45) is 6.27. The van der Waals surface area contributed by atoms with Crippen LogP contribution in [0.15, 0.2) is 59.7 Å². The highest BCUT2D eigenvalue weighted by molar-refractivity contribution is 5.85. The topological polar surface area (TPSA) is 100 Å². The van der Waals surface area contributed by atoms with Crippen molar-refractivity contribution in [2.75, 3.05) is 11.9 Å². The number of pyridine rings is 1. The van der Waals surface area contributed by atoms with E-state index in [2.05, 4.69) is 20.3 Å². The number of anilines is 2. The van der Waals surface area contributed by atoms with Crippen molar-refractivity contribution < 1.29 is 13.9 Å². The van der Waals surface area contributed by atoms with Crippen molar-refractivity contribution in [2.45, 2.75) is 38.3 Å². The summed E-state index contributed by atoms with van der Waals surface area (Å²) < 4.78 is 20.1. The van der Waals surface area contributed by atoms with Gasteiger partial charge in [0.05, 0.1) is 6.20 Å². The number of fused-ring (bicyclic) bond motifs is 2. The number of carbonyl (C=O) groups is 1. The van der Waals surface area contributed by atoms with E-state index in [0.717, 1.165) is 47.5 Å². The highest BCUT2D eigenvalue weighted by Gasteiger charge is 2.27. The number of hydrogen-bond acceptors (Lipinski definition) is 6. The zero-order valence-corrected chi connectivity index (χ0v) is 19.5. The van der Waals surface area contributed by atoms with E-state index in [1.54, 1.807) is 35.4 Å². The van der Waals surface area contributed by atoms with Gasteiger partial charge in [-0.1, -0.05) is 12.1 Å². The van der Waals surface area contributed by atoms with Crippen molar-refractivity contribution in [1.82, 2.24) is 19.9 Å². The fraction of sp³-hybridized carbons (Fsp3) is 0.259. The van der Waals surface area contributed by atoms with E-state index >= 15 is 0 Å². The Morgan fingerprint density at radius 1 is 1.14 bits per heavy atom. The number of amides is 1. The van der Waals surface area contributed by atoms with Gasteiger partial charge in [0.1, 0.15) is 6.10 Å². The third-order valence-electron chi connectivity index (χ3n) is 6.83. The minimum absolute atomic E-state index is 0.0480. The molecule has 0 unspecified atom stereocenters. The molecule has 2 N–H and O–H groups in total. The Balaban J connectivity index is 1.21. The molecule has 2 aromatic heterocycles. The lowest BCUT2D eigenvalue weighted by atomic mass is 9.96. The number of aromatic nitrogens is 3. The zero-order chi connectivity index (χ0) is 24.6. The van der Waals surface area contributed by atoms with Crippen LogP contribution < -0.4 is 10.9 Å². The molecule has 0 atom stereocenters. The van der Waals surface area contributed by atoms with Gasteiger partial charge in [-0.25, -0.2) is 19.2 Å². The third-order valence-corrected chi connectivity index (χ3v) is 6.83. The van der Waals surface area contributed by atoms with Crippen LogP contribution in [-0.4, -0.2) is 38.6 Å². The molecule has 1 aliphatic carbocycles. The van der Waals surface area contributed by atoms with E-state index in [0.29, 0.717) is 36.4 Å². The van der Waals surface area contributed by atoms with Gasteiger partial charge >= 0.3 is 6.09 Å². The molecule has 2 aromatic carbocycles. The first-order valence-electron chi connectivity index (χ1n) is 12.0. The number of ether oxygens (including phenoxy) is 1. The second-order valence-corrected chi connectivity index (χ2v) is 9.22. The molecule has 0 radical (unpaired) electrons. The predicted octanol–water partition coefficient (Wildman–Crippen LogP) is 4.92. The van der Waals surface area contributed by atoms with Crippen LogP contribution >= 0.6 is 0 Å². The monoisotopic (exact) mass is 485 g/mol. The lowest BCUT2D eigenvalue weighted by Crippen LogP contribution is -2.39. The summed E-state index contributed by atoms with van der Waals surface area (Å²) in [5, 5.41) is 4.29. The largest absolute Gasteiger partial charge is 0.446 e. The maximum absolute atomic E-state index is 14.6. The first-order chi connectivity index (χ1) is 17.5. The van der Waals surface area contributed by atoms with Gasteiger partial charge in [-0.15, -0.1) is 0 Å². The summed E-state index contributed by atoms with van der Waals surface area (Å²) >= 11 is 0. The second-order valence-electron chi connectivity index (χ2n) is 9.22. The van der Waals surface area contributed by atoms with Crippen molar-refractivity contribution in [1.29, 1.82) is 0 Å². The zero-order valence-electron chi connectivity index (χ0n) is 19.5. The summed E-state index contributed by atoms with van der Waals surface area (Å²) in [6.45, 7) is 1.09. The van der Waals surface area contributed by atoms with E-state index in [4.69, 9.17) is 4.74 Å². The molecular formula is C27H24FN5O3.